The second-order valence-corrected chi connectivity index (χ2v) is 7.12. The Morgan fingerprint density at radius 2 is 2.17 bits per heavy atom. The monoisotopic (exact) mass is 314 g/mol. The van der Waals surface area contributed by atoms with E-state index in [9.17, 15) is 9.59 Å². The molecule has 122 valence electrons. The lowest BCUT2D eigenvalue weighted by atomic mass is 9.84. The van der Waals surface area contributed by atoms with Crippen molar-refractivity contribution in [2.75, 3.05) is 0 Å². The topological polar surface area (TPSA) is 64.2 Å². The molecule has 4 atom stereocenters. The van der Waals surface area contributed by atoms with Crippen LogP contribution in [0.2, 0.25) is 0 Å². The van der Waals surface area contributed by atoms with Gasteiger partial charge in [0.05, 0.1) is 5.52 Å². The summed E-state index contributed by atoms with van der Waals surface area (Å²) in [5.41, 5.74) is 1.19. The van der Waals surface area contributed by atoms with Crippen LogP contribution >= 0.6 is 0 Å². The van der Waals surface area contributed by atoms with Gasteiger partial charge in [-0.2, -0.15) is 0 Å². The Balaban J connectivity index is 1.45. The van der Waals surface area contributed by atoms with Crippen molar-refractivity contribution in [2.24, 2.45) is 17.8 Å². The zero-order valence-corrected chi connectivity index (χ0v) is 13.3. The zero-order chi connectivity index (χ0) is 16.0. The number of amides is 1. The van der Waals surface area contributed by atoms with E-state index in [1.807, 2.05) is 12.1 Å². The summed E-state index contributed by atoms with van der Waals surface area (Å²) in [4.78, 5) is 24.3. The standard InChI is InChI=1S/C18H22N2O3/c1-11(14-9-12-6-7-13(14)8-12)19-17(21)10-20-15-4-2-3-5-16(15)23-18(20)22/h2-5,11-14H,6-10H2,1H3,(H,19,21)/t11-,12+,13-,14+/m0/s1. The lowest BCUT2D eigenvalue weighted by Gasteiger charge is -2.28. The van der Waals surface area contributed by atoms with Gasteiger partial charge in [-0.25, -0.2) is 4.79 Å². The minimum Gasteiger partial charge on any atom is -0.408 e. The highest BCUT2D eigenvalue weighted by molar-refractivity contribution is 5.79. The van der Waals surface area contributed by atoms with Gasteiger partial charge in [0.15, 0.2) is 5.58 Å². The molecule has 2 saturated carbocycles. The molecule has 4 rings (SSSR count). The number of fused-ring (bicyclic) bond motifs is 3. The van der Waals surface area contributed by atoms with E-state index in [4.69, 9.17) is 4.42 Å². The first-order chi connectivity index (χ1) is 11.1. The Kier molecular flexibility index (Phi) is 3.51. The number of aromatic nitrogens is 1. The average molecular weight is 314 g/mol. The average Bonchev–Trinajstić information content (AvgIpc) is 3.22. The van der Waals surface area contributed by atoms with Crippen LogP contribution in [0.5, 0.6) is 0 Å². The SMILES string of the molecule is C[C@H](NC(=O)Cn1c(=O)oc2ccccc21)[C@H]1C[C@@H]2CC[C@H]1C2. The minimum atomic E-state index is -0.478. The second kappa shape index (κ2) is 5.55. The number of benzene rings is 1. The molecule has 23 heavy (non-hydrogen) atoms. The fourth-order valence-electron chi connectivity index (χ4n) is 4.62. The van der Waals surface area contributed by atoms with Gasteiger partial charge in [-0.15, -0.1) is 0 Å². The molecular weight excluding hydrogens is 292 g/mol. The van der Waals surface area contributed by atoms with Gasteiger partial charge in [0, 0.05) is 6.04 Å². The molecule has 0 spiro atoms. The largest absolute Gasteiger partial charge is 0.420 e. The van der Waals surface area contributed by atoms with Gasteiger partial charge >= 0.3 is 5.76 Å². The maximum Gasteiger partial charge on any atom is 0.420 e. The van der Waals surface area contributed by atoms with Crippen molar-refractivity contribution in [1.82, 2.24) is 9.88 Å². The molecule has 1 aromatic heterocycles. The van der Waals surface area contributed by atoms with E-state index in [-0.39, 0.29) is 18.5 Å². The number of nitrogens with zero attached hydrogens (tertiary/aromatic N) is 1. The van der Waals surface area contributed by atoms with Crippen LogP contribution in [0.25, 0.3) is 11.1 Å². The molecule has 2 aliphatic carbocycles. The first-order valence-corrected chi connectivity index (χ1v) is 8.49. The third-order valence-corrected chi connectivity index (χ3v) is 5.70. The fraction of sp³-hybridized carbons (Fsp3) is 0.556. The summed E-state index contributed by atoms with van der Waals surface area (Å²) in [6.07, 6.45) is 5.23. The predicted molar refractivity (Wildman–Crippen MR) is 87.0 cm³/mol. The van der Waals surface area contributed by atoms with Crippen molar-refractivity contribution in [1.29, 1.82) is 0 Å². The van der Waals surface area contributed by atoms with Crippen LogP contribution in [-0.4, -0.2) is 16.5 Å². The quantitative estimate of drug-likeness (QED) is 0.943. The summed E-state index contributed by atoms with van der Waals surface area (Å²) in [6.45, 7) is 2.11. The number of rotatable bonds is 4. The van der Waals surface area contributed by atoms with Gasteiger partial charge < -0.3 is 9.73 Å². The van der Waals surface area contributed by atoms with Gasteiger partial charge in [-0.3, -0.25) is 9.36 Å². The van der Waals surface area contributed by atoms with E-state index in [0.717, 1.165) is 11.8 Å². The summed E-state index contributed by atoms with van der Waals surface area (Å²) in [6, 6.07) is 7.36. The summed E-state index contributed by atoms with van der Waals surface area (Å²) < 4.78 is 6.57. The van der Waals surface area contributed by atoms with Gasteiger partial charge in [-0.1, -0.05) is 18.6 Å². The van der Waals surface area contributed by atoms with Crippen molar-refractivity contribution in [3.63, 3.8) is 0 Å². The molecule has 0 saturated heterocycles. The van der Waals surface area contributed by atoms with Crippen LogP contribution in [0, 0.1) is 17.8 Å². The van der Waals surface area contributed by atoms with Crippen LogP contribution in [-0.2, 0) is 11.3 Å². The van der Waals surface area contributed by atoms with E-state index >= 15 is 0 Å². The fourth-order valence-corrected chi connectivity index (χ4v) is 4.62. The third kappa shape index (κ3) is 2.58. The number of carbonyl (C=O) groups excluding carboxylic acids is 1. The highest BCUT2D eigenvalue weighted by Crippen LogP contribution is 2.49. The normalized spacial score (nSPS) is 27.4. The maximum absolute atomic E-state index is 12.4. The Morgan fingerprint density at radius 3 is 2.91 bits per heavy atom. The summed E-state index contributed by atoms with van der Waals surface area (Å²) in [7, 11) is 0. The molecule has 0 aliphatic heterocycles. The minimum absolute atomic E-state index is 0.0149. The van der Waals surface area contributed by atoms with Gasteiger partial charge in [0.25, 0.3) is 0 Å². The van der Waals surface area contributed by atoms with Gasteiger partial charge in [0.1, 0.15) is 6.54 Å². The predicted octanol–water partition coefficient (Wildman–Crippen LogP) is 2.54. The molecule has 2 bridgehead atoms. The smallest absolute Gasteiger partial charge is 0.408 e. The molecule has 1 N–H and O–H groups in total. The number of hydrogen-bond acceptors (Lipinski definition) is 3. The highest BCUT2D eigenvalue weighted by atomic mass is 16.4. The maximum atomic E-state index is 12.4. The molecule has 0 unspecified atom stereocenters. The van der Waals surface area contributed by atoms with Crippen LogP contribution in [0.3, 0.4) is 0 Å². The number of para-hydroxylation sites is 2. The summed E-state index contributed by atoms with van der Waals surface area (Å²) >= 11 is 0. The summed E-state index contributed by atoms with van der Waals surface area (Å²) in [5, 5.41) is 3.10. The van der Waals surface area contributed by atoms with Crippen LogP contribution in [0.15, 0.2) is 33.5 Å². The number of carbonyl (C=O) groups is 1. The number of hydrogen-bond donors (Lipinski definition) is 1. The van der Waals surface area contributed by atoms with E-state index in [1.54, 1.807) is 12.1 Å². The van der Waals surface area contributed by atoms with Gasteiger partial charge in [0.2, 0.25) is 5.91 Å². The van der Waals surface area contributed by atoms with E-state index in [1.165, 1.54) is 30.3 Å². The Labute approximate surface area is 134 Å². The van der Waals surface area contributed by atoms with Crippen molar-refractivity contribution in [3.8, 4) is 0 Å². The van der Waals surface area contributed by atoms with Crippen LogP contribution < -0.4 is 11.1 Å². The molecule has 2 fully saturated rings. The molecule has 2 aliphatic rings. The van der Waals surface area contributed by atoms with Crippen molar-refractivity contribution >= 4 is 17.0 Å². The summed E-state index contributed by atoms with van der Waals surface area (Å²) in [5.74, 6) is 1.64. The molecular formula is C18H22N2O3. The molecule has 0 radical (unpaired) electrons. The van der Waals surface area contributed by atoms with Crippen molar-refractivity contribution in [2.45, 2.75) is 45.2 Å². The molecule has 1 aromatic carbocycles. The number of oxazole rings is 1. The second-order valence-electron chi connectivity index (χ2n) is 7.12. The first kappa shape index (κ1) is 14.5. The molecule has 5 nitrogen and oxygen atoms in total. The molecule has 1 amide bonds. The lowest BCUT2D eigenvalue weighted by molar-refractivity contribution is -0.122. The van der Waals surface area contributed by atoms with Crippen LogP contribution in [0.4, 0.5) is 0 Å². The van der Waals surface area contributed by atoms with Gasteiger partial charge in [-0.05, 0) is 56.1 Å². The highest BCUT2D eigenvalue weighted by Gasteiger charge is 2.42. The van der Waals surface area contributed by atoms with Crippen molar-refractivity contribution in [3.05, 3.63) is 34.8 Å². The van der Waals surface area contributed by atoms with Crippen LogP contribution in [0.1, 0.15) is 32.6 Å². The van der Waals surface area contributed by atoms with E-state index < -0.39 is 5.76 Å². The first-order valence-electron chi connectivity index (χ1n) is 8.49. The van der Waals surface area contributed by atoms with Crippen molar-refractivity contribution < 1.29 is 9.21 Å². The molecule has 5 heteroatoms. The Bertz CT molecular complexity index is 791. The zero-order valence-electron chi connectivity index (χ0n) is 13.3. The Hall–Kier alpha value is -2.04. The van der Waals surface area contributed by atoms with E-state index in [2.05, 4.69) is 12.2 Å². The number of nitrogens with one attached hydrogen (secondary N) is 1. The van der Waals surface area contributed by atoms with E-state index in [0.29, 0.717) is 17.0 Å². The molecule has 1 heterocycles. The lowest BCUT2D eigenvalue weighted by Crippen LogP contribution is -2.42. The Morgan fingerprint density at radius 1 is 1.35 bits per heavy atom. The molecule has 2 aromatic rings. The third-order valence-electron chi connectivity index (χ3n) is 5.70.